The predicted molar refractivity (Wildman–Crippen MR) is 131 cm³/mol. The van der Waals surface area contributed by atoms with Crippen molar-refractivity contribution in [3.63, 3.8) is 0 Å². The van der Waals surface area contributed by atoms with E-state index in [9.17, 15) is 24.3 Å². The van der Waals surface area contributed by atoms with Gasteiger partial charge in [0.2, 0.25) is 11.8 Å². The van der Waals surface area contributed by atoms with Gasteiger partial charge in [-0.25, -0.2) is 9.59 Å². The molecule has 194 valence electrons. The van der Waals surface area contributed by atoms with Crippen molar-refractivity contribution >= 4 is 23.9 Å². The summed E-state index contributed by atoms with van der Waals surface area (Å²) in [4.78, 5) is 49.2. The molecule has 1 aromatic carbocycles. The number of rotatable bonds is 9. The second kappa shape index (κ2) is 12.6. The minimum Gasteiger partial charge on any atom is -0.479 e. The van der Waals surface area contributed by atoms with E-state index in [2.05, 4.69) is 16.0 Å². The topological polar surface area (TPSA) is 134 Å². The second-order valence-corrected chi connectivity index (χ2v) is 10.5. The molecule has 3 amide bonds. The Labute approximate surface area is 207 Å². The summed E-state index contributed by atoms with van der Waals surface area (Å²) in [6.07, 6.45) is 2.10. The summed E-state index contributed by atoms with van der Waals surface area (Å²) in [6, 6.07) is 6.85. The van der Waals surface area contributed by atoms with Gasteiger partial charge in [0, 0.05) is 12.5 Å². The number of nitrogens with one attached hydrogen (secondary N) is 3. The van der Waals surface area contributed by atoms with Crippen LogP contribution in [-0.4, -0.2) is 47.2 Å². The fourth-order valence-electron chi connectivity index (χ4n) is 4.15. The summed E-state index contributed by atoms with van der Waals surface area (Å²) in [5.41, 5.74) is -0.122. The number of carboxylic acids is 1. The van der Waals surface area contributed by atoms with E-state index in [-0.39, 0.29) is 29.6 Å². The standard InChI is InChI=1S/C26H39N3O6/c1-16(2)20(29-25(34)35-26(3,4)5)23(31)27-15-17-11-13-19(14-12-17)22(30)28-21(24(32)33)18-9-7-6-8-10-18/h6-10,16-17,19-21H,11-15H2,1-5H3,(H,27,31)(H,28,30)(H,29,34)(H,32,33)/t17?,19?,20-,21+/m1/s1. The van der Waals surface area contributed by atoms with Crippen molar-refractivity contribution in [2.24, 2.45) is 17.8 Å². The quantitative estimate of drug-likeness (QED) is 0.420. The van der Waals surface area contributed by atoms with E-state index in [1.54, 1.807) is 51.1 Å². The Morgan fingerprint density at radius 1 is 1.00 bits per heavy atom. The van der Waals surface area contributed by atoms with E-state index in [1.165, 1.54) is 0 Å². The highest BCUT2D eigenvalue weighted by molar-refractivity contribution is 5.86. The highest BCUT2D eigenvalue weighted by Crippen LogP contribution is 2.29. The summed E-state index contributed by atoms with van der Waals surface area (Å²) in [5.74, 6) is -1.79. The molecule has 4 N–H and O–H groups in total. The Kier molecular flexibility index (Phi) is 10.1. The normalized spacial score (nSPS) is 19.8. The molecule has 0 saturated heterocycles. The van der Waals surface area contributed by atoms with E-state index in [0.29, 0.717) is 24.9 Å². The van der Waals surface area contributed by atoms with E-state index in [1.807, 2.05) is 13.8 Å². The lowest BCUT2D eigenvalue weighted by Gasteiger charge is -2.30. The fourth-order valence-corrected chi connectivity index (χ4v) is 4.15. The molecule has 9 heteroatoms. The number of alkyl carbamates (subject to hydrolysis) is 1. The van der Waals surface area contributed by atoms with Crippen molar-refractivity contribution in [1.29, 1.82) is 0 Å². The van der Waals surface area contributed by atoms with Crippen molar-refractivity contribution < 1.29 is 29.0 Å². The molecule has 0 aliphatic heterocycles. The first kappa shape index (κ1) is 28.1. The number of amides is 3. The number of aliphatic carboxylic acids is 1. The molecule has 0 spiro atoms. The lowest BCUT2D eigenvalue weighted by Crippen LogP contribution is -2.51. The van der Waals surface area contributed by atoms with Crippen LogP contribution >= 0.6 is 0 Å². The third-order valence-electron chi connectivity index (χ3n) is 6.07. The van der Waals surface area contributed by atoms with E-state index in [0.717, 1.165) is 12.8 Å². The molecule has 2 rings (SSSR count). The maximum Gasteiger partial charge on any atom is 0.408 e. The van der Waals surface area contributed by atoms with Gasteiger partial charge in [-0.2, -0.15) is 0 Å². The summed E-state index contributed by atoms with van der Waals surface area (Å²) >= 11 is 0. The van der Waals surface area contributed by atoms with Gasteiger partial charge >= 0.3 is 12.1 Å². The number of carboxylic acid groups (broad SMARTS) is 1. The lowest BCUT2D eigenvalue weighted by molar-refractivity contribution is -0.143. The van der Waals surface area contributed by atoms with Crippen molar-refractivity contribution in [2.75, 3.05) is 6.54 Å². The predicted octanol–water partition coefficient (Wildman–Crippen LogP) is 3.40. The molecule has 9 nitrogen and oxygen atoms in total. The van der Waals surface area contributed by atoms with Crippen LogP contribution in [0.5, 0.6) is 0 Å². The molecular formula is C26H39N3O6. The minimum absolute atomic E-state index is 0.117. The maximum absolute atomic E-state index is 12.7. The average Bonchev–Trinajstić information content (AvgIpc) is 2.78. The van der Waals surface area contributed by atoms with Gasteiger partial charge in [0.1, 0.15) is 11.6 Å². The van der Waals surface area contributed by atoms with Crippen molar-refractivity contribution in [1.82, 2.24) is 16.0 Å². The molecule has 1 saturated carbocycles. The molecule has 1 aliphatic carbocycles. The van der Waals surface area contributed by atoms with Crippen molar-refractivity contribution in [2.45, 2.75) is 78.0 Å². The van der Waals surface area contributed by atoms with Crippen LogP contribution in [0, 0.1) is 17.8 Å². The number of hydrogen-bond acceptors (Lipinski definition) is 5. The third-order valence-corrected chi connectivity index (χ3v) is 6.07. The molecule has 1 aliphatic rings. The summed E-state index contributed by atoms with van der Waals surface area (Å²) < 4.78 is 5.26. The SMILES string of the molecule is CC(C)[C@@H](NC(=O)OC(C)(C)C)C(=O)NCC1CCC(C(=O)N[C@H](C(=O)O)c2ccccc2)CC1. The molecular weight excluding hydrogens is 450 g/mol. The number of ether oxygens (including phenoxy) is 1. The zero-order valence-electron chi connectivity index (χ0n) is 21.3. The van der Waals surface area contributed by atoms with Crippen LogP contribution in [0.4, 0.5) is 4.79 Å². The highest BCUT2D eigenvalue weighted by atomic mass is 16.6. The van der Waals surface area contributed by atoms with Gasteiger partial charge in [0.25, 0.3) is 0 Å². The van der Waals surface area contributed by atoms with Gasteiger partial charge in [0.15, 0.2) is 6.04 Å². The van der Waals surface area contributed by atoms with Gasteiger partial charge in [-0.1, -0.05) is 44.2 Å². The van der Waals surface area contributed by atoms with Crippen LogP contribution < -0.4 is 16.0 Å². The molecule has 0 radical (unpaired) electrons. The van der Waals surface area contributed by atoms with Gasteiger partial charge in [-0.3, -0.25) is 9.59 Å². The largest absolute Gasteiger partial charge is 0.479 e. The smallest absolute Gasteiger partial charge is 0.408 e. The van der Waals surface area contributed by atoms with Crippen molar-refractivity contribution in [3.05, 3.63) is 35.9 Å². The van der Waals surface area contributed by atoms with Crippen LogP contribution in [0.2, 0.25) is 0 Å². The van der Waals surface area contributed by atoms with Gasteiger partial charge < -0.3 is 25.8 Å². The Balaban J connectivity index is 1.82. The molecule has 0 unspecified atom stereocenters. The lowest BCUT2D eigenvalue weighted by atomic mass is 9.81. The monoisotopic (exact) mass is 489 g/mol. The maximum atomic E-state index is 12.7. The van der Waals surface area contributed by atoms with Crippen LogP contribution in [0.3, 0.4) is 0 Å². The molecule has 0 aromatic heterocycles. The fraction of sp³-hybridized carbons (Fsp3) is 0.615. The first-order chi connectivity index (χ1) is 16.4. The molecule has 1 fully saturated rings. The number of carbonyl (C=O) groups excluding carboxylic acids is 3. The second-order valence-electron chi connectivity index (χ2n) is 10.5. The minimum atomic E-state index is -1.10. The van der Waals surface area contributed by atoms with Crippen LogP contribution in [-0.2, 0) is 19.1 Å². The molecule has 2 atom stereocenters. The van der Waals surface area contributed by atoms with Gasteiger partial charge in [-0.15, -0.1) is 0 Å². The summed E-state index contributed by atoms with van der Waals surface area (Å²) in [5, 5.41) is 17.8. The molecule has 0 bridgehead atoms. The number of hydrogen-bond donors (Lipinski definition) is 4. The number of carbonyl (C=O) groups is 4. The first-order valence-electron chi connectivity index (χ1n) is 12.2. The van der Waals surface area contributed by atoms with Crippen LogP contribution in [0.1, 0.15) is 71.9 Å². The van der Waals surface area contributed by atoms with Gasteiger partial charge in [-0.05, 0) is 63.9 Å². The zero-order valence-corrected chi connectivity index (χ0v) is 21.3. The summed E-state index contributed by atoms with van der Waals surface area (Å²) in [7, 11) is 0. The number of benzene rings is 1. The van der Waals surface area contributed by atoms with Crippen molar-refractivity contribution in [3.8, 4) is 0 Å². The van der Waals surface area contributed by atoms with E-state index < -0.39 is 29.7 Å². The first-order valence-corrected chi connectivity index (χ1v) is 12.2. The van der Waals surface area contributed by atoms with E-state index in [4.69, 9.17) is 4.74 Å². The molecule has 1 aromatic rings. The van der Waals surface area contributed by atoms with E-state index >= 15 is 0 Å². The van der Waals surface area contributed by atoms with Gasteiger partial charge in [0.05, 0.1) is 0 Å². The highest BCUT2D eigenvalue weighted by Gasteiger charge is 2.31. The molecule has 35 heavy (non-hydrogen) atoms. The zero-order chi connectivity index (χ0) is 26.2. The Hall–Kier alpha value is -3.10. The summed E-state index contributed by atoms with van der Waals surface area (Å²) in [6.45, 7) is 9.44. The van der Waals surface area contributed by atoms with Crippen LogP contribution in [0.15, 0.2) is 30.3 Å². The Morgan fingerprint density at radius 2 is 1.60 bits per heavy atom. The Morgan fingerprint density at radius 3 is 2.11 bits per heavy atom. The Bertz CT molecular complexity index is 873. The molecule has 0 heterocycles. The average molecular weight is 490 g/mol. The third kappa shape index (κ3) is 9.22. The van der Waals surface area contributed by atoms with Crippen LogP contribution in [0.25, 0.3) is 0 Å².